The van der Waals surface area contributed by atoms with Crippen LogP contribution in [0.1, 0.15) is 28.7 Å². The van der Waals surface area contributed by atoms with E-state index >= 15 is 0 Å². The smallest absolute Gasteiger partial charge is 0.230 e. The standard InChI is InChI=1S/C20H17FN2O3/c1-12(24)14-6-8-17(9-7-14)22-19(25)11-18-13(2)26-20(23-18)15-4-3-5-16(21)10-15/h3-10H,11H2,1-2H3,(H,22,25). The molecule has 1 heterocycles. The lowest BCUT2D eigenvalue weighted by Gasteiger charge is -2.05. The van der Waals surface area contributed by atoms with Crippen LogP contribution in [0, 0.1) is 12.7 Å². The van der Waals surface area contributed by atoms with Gasteiger partial charge in [-0.3, -0.25) is 9.59 Å². The van der Waals surface area contributed by atoms with Crippen LogP contribution in [0.4, 0.5) is 10.1 Å². The minimum absolute atomic E-state index is 0.0269. The summed E-state index contributed by atoms with van der Waals surface area (Å²) in [7, 11) is 0. The van der Waals surface area contributed by atoms with E-state index in [2.05, 4.69) is 10.3 Å². The zero-order chi connectivity index (χ0) is 18.7. The van der Waals surface area contributed by atoms with E-state index < -0.39 is 0 Å². The number of Topliss-reactive ketones (excluding diaryl/α,β-unsaturated/α-hetero) is 1. The molecule has 1 N–H and O–H groups in total. The van der Waals surface area contributed by atoms with Crippen LogP contribution >= 0.6 is 0 Å². The topological polar surface area (TPSA) is 72.2 Å². The third kappa shape index (κ3) is 4.03. The summed E-state index contributed by atoms with van der Waals surface area (Å²) in [6.07, 6.45) is 0.0269. The number of ketones is 1. The van der Waals surface area contributed by atoms with E-state index in [0.29, 0.717) is 28.3 Å². The maximum Gasteiger partial charge on any atom is 0.230 e. The van der Waals surface area contributed by atoms with Crippen LogP contribution in [0.2, 0.25) is 0 Å². The molecule has 1 aromatic heterocycles. The SMILES string of the molecule is CC(=O)c1ccc(NC(=O)Cc2nc(-c3cccc(F)c3)oc2C)cc1. The summed E-state index contributed by atoms with van der Waals surface area (Å²) in [4.78, 5) is 27.8. The molecule has 0 aliphatic heterocycles. The fourth-order valence-electron chi connectivity index (χ4n) is 2.48. The summed E-state index contributed by atoms with van der Waals surface area (Å²) in [5.74, 6) is 0.0994. The molecule has 0 radical (unpaired) electrons. The van der Waals surface area contributed by atoms with Crippen molar-refractivity contribution < 1.29 is 18.4 Å². The van der Waals surface area contributed by atoms with Crippen molar-refractivity contribution in [1.29, 1.82) is 0 Å². The summed E-state index contributed by atoms with van der Waals surface area (Å²) in [5.41, 5.74) is 2.17. The molecule has 0 aliphatic rings. The van der Waals surface area contributed by atoms with Gasteiger partial charge in [0.1, 0.15) is 11.6 Å². The zero-order valence-corrected chi connectivity index (χ0v) is 14.4. The van der Waals surface area contributed by atoms with E-state index in [4.69, 9.17) is 4.42 Å². The van der Waals surface area contributed by atoms with Gasteiger partial charge in [0.25, 0.3) is 0 Å². The number of hydrogen-bond acceptors (Lipinski definition) is 4. The molecule has 2 aromatic carbocycles. The van der Waals surface area contributed by atoms with E-state index in [1.807, 2.05) is 0 Å². The summed E-state index contributed by atoms with van der Waals surface area (Å²) in [6.45, 7) is 3.19. The number of rotatable bonds is 5. The minimum atomic E-state index is -0.383. The van der Waals surface area contributed by atoms with E-state index in [-0.39, 0.29) is 29.8 Å². The average molecular weight is 352 g/mol. The molecule has 1 amide bonds. The van der Waals surface area contributed by atoms with Gasteiger partial charge in [-0.2, -0.15) is 0 Å². The molecule has 132 valence electrons. The lowest BCUT2D eigenvalue weighted by Crippen LogP contribution is -2.15. The summed E-state index contributed by atoms with van der Waals surface area (Å²) < 4.78 is 18.9. The number of carbonyl (C=O) groups excluding carboxylic acids is 2. The number of nitrogens with zero attached hydrogens (tertiary/aromatic N) is 1. The van der Waals surface area contributed by atoms with Gasteiger partial charge in [-0.05, 0) is 56.3 Å². The predicted octanol–water partition coefficient (Wildman–Crippen LogP) is 4.17. The molecule has 6 heteroatoms. The fourth-order valence-corrected chi connectivity index (χ4v) is 2.48. The molecule has 0 atom stereocenters. The Bertz CT molecular complexity index is 961. The van der Waals surface area contributed by atoms with Crippen molar-refractivity contribution in [3.8, 4) is 11.5 Å². The molecule has 3 aromatic rings. The number of amides is 1. The molecule has 0 fully saturated rings. The first-order valence-corrected chi connectivity index (χ1v) is 8.05. The predicted molar refractivity (Wildman–Crippen MR) is 95.4 cm³/mol. The molecule has 0 saturated carbocycles. The summed E-state index contributed by atoms with van der Waals surface area (Å²) in [6, 6.07) is 12.6. The first-order chi connectivity index (χ1) is 12.4. The molecular weight excluding hydrogens is 335 g/mol. The van der Waals surface area contributed by atoms with E-state index in [9.17, 15) is 14.0 Å². The summed E-state index contributed by atoms with van der Waals surface area (Å²) in [5, 5.41) is 2.75. The quantitative estimate of drug-likeness (QED) is 0.700. The third-order valence-electron chi connectivity index (χ3n) is 3.87. The van der Waals surface area contributed by atoms with Crippen LogP contribution in [0.15, 0.2) is 52.9 Å². The highest BCUT2D eigenvalue weighted by atomic mass is 19.1. The lowest BCUT2D eigenvalue weighted by molar-refractivity contribution is -0.115. The highest BCUT2D eigenvalue weighted by Gasteiger charge is 2.15. The first kappa shape index (κ1) is 17.5. The molecule has 0 unspecified atom stereocenters. The zero-order valence-electron chi connectivity index (χ0n) is 14.4. The van der Waals surface area contributed by atoms with Crippen molar-refractivity contribution >= 4 is 17.4 Å². The number of anilines is 1. The Hall–Kier alpha value is -3.28. The van der Waals surface area contributed by atoms with E-state index in [0.717, 1.165) is 0 Å². The van der Waals surface area contributed by atoms with Crippen LogP contribution in [0.5, 0.6) is 0 Å². The van der Waals surface area contributed by atoms with Gasteiger partial charge in [-0.15, -0.1) is 0 Å². The largest absolute Gasteiger partial charge is 0.441 e. The summed E-state index contributed by atoms with van der Waals surface area (Å²) >= 11 is 0. The van der Waals surface area contributed by atoms with Crippen LogP contribution < -0.4 is 5.32 Å². The van der Waals surface area contributed by atoms with Crippen LogP contribution in [-0.4, -0.2) is 16.7 Å². The molecule has 0 spiro atoms. The normalized spacial score (nSPS) is 10.6. The number of nitrogens with one attached hydrogen (secondary N) is 1. The molecule has 5 nitrogen and oxygen atoms in total. The maximum absolute atomic E-state index is 13.3. The second-order valence-electron chi connectivity index (χ2n) is 5.89. The average Bonchev–Trinajstić information content (AvgIpc) is 2.96. The molecule has 26 heavy (non-hydrogen) atoms. The van der Waals surface area contributed by atoms with Crippen molar-refractivity contribution in [2.24, 2.45) is 0 Å². The van der Waals surface area contributed by atoms with Crippen molar-refractivity contribution in [1.82, 2.24) is 4.98 Å². The van der Waals surface area contributed by atoms with E-state index in [1.165, 1.54) is 19.1 Å². The Morgan fingerprint density at radius 2 is 1.88 bits per heavy atom. The van der Waals surface area contributed by atoms with Gasteiger partial charge in [0, 0.05) is 16.8 Å². The molecule has 0 aliphatic carbocycles. The monoisotopic (exact) mass is 352 g/mol. The number of benzene rings is 2. The molecule has 0 saturated heterocycles. The number of aryl methyl sites for hydroxylation is 1. The molecule has 3 rings (SSSR count). The number of halogens is 1. The minimum Gasteiger partial charge on any atom is -0.441 e. The highest BCUT2D eigenvalue weighted by Crippen LogP contribution is 2.23. The van der Waals surface area contributed by atoms with Crippen molar-refractivity contribution in [2.75, 3.05) is 5.32 Å². The fraction of sp³-hybridized carbons (Fsp3) is 0.150. The first-order valence-electron chi connectivity index (χ1n) is 8.05. The lowest BCUT2D eigenvalue weighted by atomic mass is 10.1. The Labute approximate surface area is 149 Å². The number of aromatic nitrogens is 1. The van der Waals surface area contributed by atoms with E-state index in [1.54, 1.807) is 43.3 Å². The Balaban J connectivity index is 1.70. The Morgan fingerprint density at radius 1 is 1.15 bits per heavy atom. The molecule has 0 bridgehead atoms. The van der Waals surface area contributed by atoms with Crippen molar-refractivity contribution in [2.45, 2.75) is 20.3 Å². The van der Waals surface area contributed by atoms with Crippen molar-refractivity contribution in [3.63, 3.8) is 0 Å². The van der Waals surface area contributed by atoms with Crippen LogP contribution in [-0.2, 0) is 11.2 Å². The second-order valence-corrected chi connectivity index (χ2v) is 5.89. The van der Waals surface area contributed by atoms with Gasteiger partial charge in [-0.1, -0.05) is 6.07 Å². The Morgan fingerprint density at radius 3 is 2.54 bits per heavy atom. The van der Waals surface area contributed by atoms with Gasteiger partial charge < -0.3 is 9.73 Å². The van der Waals surface area contributed by atoms with Crippen LogP contribution in [0.25, 0.3) is 11.5 Å². The Kier molecular flexibility index (Phi) is 4.93. The number of hydrogen-bond donors (Lipinski definition) is 1. The van der Waals surface area contributed by atoms with Crippen molar-refractivity contribution in [3.05, 3.63) is 71.4 Å². The maximum atomic E-state index is 13.3. The van der Waals surface area contributed by atoms with Gasteiger partial charge in [0.05, 0.1) is 12.1 Å². The van der Waals surface area contributed by atoms with Gasteiger partial charge >= 0.3 is 0 Å². The second kappa shape index (κ2) is 7.31. The number of oxazole rings is 1. The van der Waals surface area contributed by atoms with Gasteiger partial charge in [0.15, 0.2) is 5.78 Å². The van der Waals surface area contributed by atoms with Gasteiger partial charge in [-0.25, -0.2) is 9.37 Å². The third-order valence-corrected chi connectivity index (χ3v) is 3.87. The highest BCUT2D eigenvalue weighted by molar-refractivity contribution is 5.96. The van der Waals surface area contributed by atoms with Gasteiger partial charge in [0.2, 0.25) is 11.8 Å². The van der Waals surface area contributed by atoms with Crippen LogP contribution in [0.3, 0.4) is 0 Å². The number of carbonyl (C=O) groups is 2. The molecular formula is C20H17FN2O3.